The molecular formula is C21H28N2O4. The number of methoxy groups -OCH3 is 1. The molecule has 6 heteroatoms. The van der Waals surface area contributed by atoms with Gasteiger partial charge >= 0.3 is 0 Å². The van der Waals surface area contributed by atoms with E-state index in [0.29, 0.717) is 11.7 Å². The lowest BCUT2D eigenvalue weighted by molar-refractivity contribution is -0.137. The second-order valence-electron chi connectivity index (χ2n) is 6.89. The normalized spacial score (nSPS) is 15.3. The molecule has 27 heavy (non-hydrogen) atoms. The summed E-state index contributed by atoms with van der Waals surface area (Å²) >= 11 is 0. The summed E-state index contributed by atoms with van der Waals surface area (Å²) in [5.74, 6) is 2.10. The highest BCUT2D eigenvalue weighted by atomic mass is 16.5. The van der Waals surface area contributed by atoms with E-state index in [-0.39, 0.29) is 19.1 Å². The predicted octanol–water partition coefficient (Wildman–Crippen LogP) is 3.97. The van der Waals surface area contributed by atoms with Crippen molar-refractivity contribution in [3.05, 3.63) is 35.7 Å². The van der Waals surface area contributed by atoms with Crippen LogP contribution >= 0.6 is 0 Å². The Balaban J connectivity index is 1.53. The minimum absolute atomic E-state index is 0.0634. The van der Waals surface area contributed by atoms with E-state index < -0.39 is 0 Å². The lowest BCUT2D eigenvalue weighted by atomic mass is 10.1. The van der Waals surface area contributed by atoms with Crippen LogP contribution in [0.3, 0.4) is 0 Å². The minimum atomic E-state index is 0.0634. The summed E-state index contributed by atoms with van der Waals surface area (Å²) in [6.45, 7) is 3.90. The van der Waals surface area contributed by atoms with Crippen LogP contribution in [0, 0.1) is 6.92 Å². The smallest absolute Gasteiger partial charge is 0.248 e. The van der Waals surface area contributed by atoms with E-state index in [9.17, 15) is 4.79 Å². The van der Waals surface area contributed by atoms with Crippen LogP contribution in [0.1, 0.15) is 43.6 Å². The molecule has 0 unspecified atom stereocenters. The van der Waals surface area contributed by atoms with Crippen LogP contribution in [0.15, 0.2) is 28.7 Å². The van der Waals surface area contributed by atoms with Gasteiger partial charge in [-0.1, -0.05) is 19.3 Å². The fraction of sp³-hybridized carbons (Fsp3) is 0.524. The summed E-state index contributed by atoms with van der Waals surface area (Å²) in [6.07, 6.45) is 5.85. The van der Waals surface area contributed by atoms with Crippen LogP contribution in [0.2, 0.25) is 0 Å². The summed E-state index contributed by atoms with van der Waals surface area (Å²) in [7, 11) is 1.63. The van der Waals surface area contributed by atoms with Gasteiger partial charge in [-0.3, -0.25) is 4.79 Å². The van der Waals surface area contributed by atoms with E-state index in [1.807, 2.05) is 36.1 Å². The molecular weight excluding hydrogens is 344 g/mol. The summed E-state index contributed by atoms with van der Waals surface area (Å²) in [4.78, 5) is 18.8. The van der Waals surface area contributed by atoms with Gasteiger partial charge in [0.15, 0.2) is 0 Å². The Bertz CT molecular complexity index is 731. The van der Waals surface area contributed by atoms with Gasteiger partial charge in [0, 0.05) is 18.7 Å². The zero-order chi connectivity index (χ0) is 19.1. The highest BCUT2D eigenvalue weighted by Crippen LogP contribution is 2.24. The Labute approximate surface area is 160 Å². The molecule has 0 bridgehead atoms. The maximum absolute atomic E-state index is 12.4. The number of ether oxygens (including phenoxy) is 2. The summed E-state index contributed by atoms with van der Waals surface area (Å²) in [5.41, 5.74) is 1.60. The van der Waals surface area contributed by atoms with Crippen molar-refractivity contribution in [2.75, 3.05) is 26.8 Å². The van der Waals surface area contributed by atoms with E-state index in [1.165, 1.54) is 19.3 Å². The van der Waals surface area contributed by atoms with Gasteiger partial charge in [0.1, 0.15) is 23.8 Å². The van der Waals surface area contributed by atoms with Crippen LogP contribution < -0.4 is 4.74 Å². The molecule has 1 saturated heterocycles. The number of hydrogen-bond acceptors (Lipinski definition) is 5. The maximum atomic E-state index is 12.4. The first-order valence-corrected chi connectivity index (χ1v) is 9.63. The van der Waals surface area contributed by atoms with Gasteiger partial charge in [-0.05, 0) is 44.0 Å². The monoisotopic (exact) mass is 372 g/mol. The fourth-order valence-corrected chi connectivity index (χ4v) is 3.24. The molecule has 1 amide bonds. The van der Waals surface area contributed by atoms with Crippen molar-refractivity contribution in [3.63, 3.8) is 0 Å². The lowest BCUT2D eigenvalue weighted by Crippen LogP contribution is -2.36. The molecule has 1 aliphatic heterocycles. The third-order valence-corrected chi connectivity index (χ3v) is 4.90. The minimum Gasteiger partial charge on any atom is -0.497 e. The summed E-state index contributed by atoms with van der Waals surface area (Å²) in [6, 6.07) is 7.54. The average molecular weight is 372 g/mol. The third-order valence-electron chi connectivity index (χ3n) is 4.90. The lowest BCUT2D eigenvalue weighted by Gasteiger charge is -2.24. The first-order chi connectivity index (χ1) is 13.2. The quantitative estimate of drug-likeness (QED) is 0.768. The van der Waals surface area contributed by atoms with Crippen molar-refractivity contribution >= 4 is 5.91 Å². The number of likely N-dealkylation sites (tertiary alicyclic amines) is 1. The van der Waals surface area contributed by atoms with E-state index in [0.717, 1.165) is 42.9 Å². The molecule has 2 heterocycles. The van der Waals surface area contributed by atoms with E-state index >= 15 is 0 Å². The number of amides is 1. The zero-order valence-electron chi connectivity index (χ0n) is 16.2. The summed E-state index contributed by atoms with van der Waals surface area (Å²) in [5, 5.41) is 0. The number of carbonyl (C=O) groups excluding carboxylic acids is 1. The van der Waals surface area contributed by atoms with Crippen molar-refractivity contribution in [1.29, 1.82) is 0 Å². The van der Waals surface area contributed by atoms with Crippen LogP contribution in [-0.4, -0.2) is 42.6 Å². The van der Waals surface area contributed by atoms with Crippen LogP contribution in [0.4, 0.5) is 0 Å². The number of carbonyl (C=O) groups is 1. The number of oxazole rings is 1. The van der Waals surface area contributed by atoms with Crippen molar-refractivity contribution in [2.45, 2.75) is 45.6 Å². The zero-order valence-corrected chi connectivity index (χ0v) is 16.2. The number of rotatable bonds is 6. The van der Waals surface area contributed by atoms with Gasteiger partial charge < -0.3 is 18.8 Å². The Kier molecular flexibility index (Phi) is 6.87. The van der Waals surface area contributed by atoms with Gasteiger partial charge in [-0.15, -0.1) is 0 Å². The van der Waals surface area contributed by atoms with Gasteiger partial charge in [0.2, 0.25) is 11.8 Å². The molecule has 2 aromatic rings. The number of nitrogens with zero attached hydrogens (tertiary/aromatic N) is 2. The third kappa shape index (κ3) is 5.32. The second-order valence-corrected chi connectivity index (χ2v) is 6.89. The molecule has 1 aromatic carbocycles. The SMILES string of the molecule is COc1ccc(-c2nc(COCC(=O)N3CCCCCCC3)c(C)o2)cc1. The second kappa shape index (κ2) is 9.55. The largest absolute Gasteiger partial charge is 0.497 e. The highest BCUT2D eigenvalue weighted by molar-refractivity contribution is 5.77. The van der Waals surface area contributed by atoms with Crippen molar-refractivity contribution < 1.29 is 18.7 Å². The van der Waals surface area contributed by atoms with E-state index in [1.54, 1.807) is 7.11 Å². The first-order valence-electron chi connectivity index (χ1n) is 9.63. The van der Waals surface area contributed by atoms with Gasteiger partial charge in [0.25, 0.3) is 0 Å². The van der Waals surface area contributed by atoms with Gasteiger partial charge in [-0.2, -0.15) is 0 Å². The first kappa shape index (κ1) is 19.4. The Morgan fingerprint density at radius 1 is 1.11 bits per heavy atom. The van der Waals surface area contributed by atoms with Crippen LogP contribution in [0.5, 0.6) is 5.75 Å². The Morgan fingerprint density at radius 3 is 2.44 bits per heavy atom. The van der Waals surface area contributed by atoms with E-state index in [2.05, 4.69) is 4.98 Å². The van der Waals surface area contributed by atoms with Crippen LogP contribution in [-0.2, 0) is 16.1 Å². The molecule has 0 N–H and O–H groups in total. The Hall–Kier alpha value is -2.34. The number of hydrogen-bond donors (Lipinski definition) is 0. The molecule has 0 spiro atoms. The molecule has 0 saturated carbocycles. The van der Waals surface area contributed by atoms with Gasteiger partial charge in [0.05, 0.1) is 13.7 Å². The summed E-state index contributed by atoms with van der Waals surface area (Å²) < 4.78 is 16.6. The fourth-order valence-electron chi connectivity index (χ4n) is 3.24. The average Bonchev–Trinajstić information content (AvgIpc) is 3.02. The molecule has 0 atom stereocenters. The number of aryl methyl sites for hydroxylation is 1. The topological polar surface area (TPSA) is 64.8 Å². The predicted molar refractivity (Wildman–Crippen MR) is 103 cm³/mol. The molecule has 3 rings (SSSR count). The van der Waals surface area contributed by atoms with Crippen molar-refractivity contribution in [2.24, 2.45) is 0 Å². The standard InChI is InChI=1S/C21H28N2O4/c1-16-19(22-21(27-16)17-8-10-18(25-2)11-9-17)14-26-15-20(24)23-12-6-4-3-5-7-13-23/h8-11H,3-7,12-15H2,1-2H3. The molecule has 0 radical (unpaired) electrons. The highest BCUT2D eigenvalue weighted by Gasteiger charge is 2.16. The number of aromatic nitrogens is 1. The molecule has 6 nitrogen and oxygen atoms in total. The van der Waals surface area contributed by atoms with Crippen molar-refractivity contribution in [1.82, 2.24) is 9.88 Å². The van der Waals surface area contributed by atoms with E-state index in [4.69, 9.17) is 13.9 Å². The number of benzene rings is 1. The molecule has 1 aromatic heterocycles. The van der Waals surface area contributed by atoms with Crippen LogP contribution in [0.25, 0.3) is 11.5 Å². The molecule has 0 aliphatic carbocycles. The van der Waals surface area contributed by atoms with Gasteiger partial charge in [-0.25, -0.2) is 4.98 Å². The molecule has 1 fully saturated rings. The maximum Gasteiger partial charge on any atom is 0.248 e. The molecule has 146 valence electrons. The van der Waals surface area contributed by atoms with Crippen molar-refractivity contribution in [3.8, 4) is 17.2 Å². The molecule has 1 aliphatic rings. The Morgan fingerprint density at radius 2 is 1.78 bits per heavy atom.